The van der Waals surface area contributed by atoms with E-state index in [-0.39, 0.29) is 17.8 Å². The van der Waals surface area contributed by atoms with Gasteiger partial charge in [0.1, 0.15) is 12.4 Å². The first kappa shape index (κ1) is 13.9. The van der Waals surface area contributed by atoms with Gasteiger partial charge in [-0.3, -0.25) is 4.79 Å². The molecule has 1 aromatic carbocycles. The number of nitrogens with one attached hydrogen (secondary N) is 2. The topological polar surface area (TPSA) is 33.5 Å². The Morgan fingerprint density at radius 2 is 2.24 bits per heavy atom. The van der Waals surface area contributed by atoms with Crippen LogP contribution in [0.4, 0.5) is 4.39 Å². The molecule has 0 fully saturated rings. The van der Waals surface area contributed by atoms with Crippen molar-refractivity contribution in [3.63, 3.8) is 0 Å². The summed E-state index contributed by atoms with van der Waals surface area (Å²) in [5.74, 6) is -0.407. The van der Waals surface area contributed by atoms with Crippen LogP contribution in [0.15, 0.2) is 18.2 Å². The molecule has 0 saturated carbocycles. The molecule has 1 unspecified atom stereocenters. The van der Waals surface area contributed by atoms with E-state index < -0.39 is 0 Å². The Hall–Kier alpha value is -1.13. The fraction of sp³-hybridized carbons (Fsp3) is 0.417. The van der Waals surface area contributed by atoms with Gasteiger partial charge in [-0.2, -0.15) is 0 Å². The van der Waals surface area contributed by atoms with Gasteiger partial charge in [0, 0.05) is 7.05 Å². The molecule has 0 aliphatic carbocycles. The molecular formula is C12H17ClFN2O+. The van der Waals surface area contributed by atoms with Crippen LogP contribution >= 0.6 is 11.6 Å². The van der Waals surface area contributed by atoms with E-state index in [9.17, 15) is 9.18 Å². The van der Waals surface area contributed by atoms with Crippen LogP contribution in [-0.4, -0.2) is 26.0 Å². The molecule has 0 aliphatic rings. The van der Waals surface area contributed by atoms with Crippen LogP contribution in [-0.2, 0) is 11.3 Å². The van der Waals surface area contributed by atoms with Crippen molar-refractivity contribution in [2.45, 2.75) is 19.5 Å². The molecule has 2 N–H and O–H groups in total. The third-order valence-corrected chi connectivity index (χ3v) is 3.25. The highest BCUT2D eigenvalue weighted by Crippen LogP contribution is 2.17. The zero-order valence-electron chi connectivity index (χ0n) is 10.2. The van der Waals surface area contributed by atoms with Gasteiger partial charge in [0.05, 0.1) is 17.6 Å². The van der Waals surface area contributed by atoms with E-state index in [4.69, 9.17) is 11.6 Å². The average molecular weight is 260 g/mol. The summed E-state index contributed by atoms with van der Waals surface area (Å²) in [4.78, 5) is 12.3. The van der Waals surface area contributed by atoms with E-state index in [0.29, 0.717) is 17.1 Å². The molecule has 0 aliphatic heterocycles. The van der Waals surface area contributed by atoms with Crippen molar-refractivity contribution < 1.29 is 14.1 Å². The van der Waals surface area contributed by atoms with E-state index in [1.54, 1.807) is 26.1 Å². The smallest absolute Gasteiger partial charge is 0.277 e. The Morgan fingerprint density at radius 1 is 1.59 bits per heavy atom. The van der Waals surface area contributed by atoms with E-state index in [1.807, 2.05) is 7.05 Å². The number of likely N-dealkylation sites (N-methyl/N-ethyl adjacent to an activating group) is 2. The number of amides is 1. The molecule has 1 aromatic rings. The average Bonchev–Trinajstić information content (AvgIpc) is 2.31. The number of benzene rings is 1. The lowest BCUT2D eigenvalue weighted by atomic mass is 10.1. The Balaban J connectivity index is 2.81. The fourth-order valence-corrected chi connectivity index (χ4v) is 1.80. The molecule has 0 spiro atoms. The normalized spacial score (nSPS) is 14.2. The largest absolute Gasteiger partial charge is 0.354 e. The summed E-state index contributed by atoms with van der Waals surface area (Å²) in [6.07, 6.45) is 0. The minimum atomic E-state index is -0.332. The number of rotatable bonds is 4. The van der Waals surface area contributed by atoms with Crippen LogP contribution in [0.5, 0.6) is 0 Å². The minimum absolute atomic E-state index is 0.0741. The predicted octanol–water partition coefficient (Wildman–Crippen LogP) is 0.628. The van der Waals surface area contributed by atoms with Gasteiger partial charge in [-0.1, -0.05) is 17.7 Å². The van der Waals surface area contributed by atoms with E-state index in [2.05, 4.69) is 5.32 Å². The Labute approximate surface area is 106 Å². The molecule has 0 bridgehead atoms. The highest BCUT2D eigenvalue weighted by atomic mass is 35.5. The first-order chi connectivity index (χ1) is 7.97. The van der Waals surface area contributed by atoms with Gasteiger partial charge in [0.25, 0.3) is 5.91 Å². The number of halogens is 2. The standard InChI is InChI=1S/C12H16ClFN2O/c1-8(12(17)15-2)16(3)7-9-10(13)5-4-6-11(9)14/h4-6,8H,7H2,1-3H3,(H,15,17)/p+1/t8-/m0/s1. The van der Waals surface area contributed by atoms with Crippen molar-refractivity contribution in [3.05, 3.63) is 34.6 Å². The Bertz CT molecular complexity index is 391. The van der Waals surface area contributed by atoms with E-state index in [1.165, 1.54) is 6.07 Å². The quantitative estimate of drug-likeness (QED) is 0.817. The summed E-state index contributed by atoms with van der Waals surface area (Å²) in [5.41, 5.74) is 0.447. The van der Waals surface area contributed by atoms with Crippen LogP contribution in [0.1, 0.15) is 12.5 Å². The lowest BCUT2D eigenvalue weighted by Gasteiger charge is -2.21. The second-order valence-electron chi connectivity index (χ2n) is 4.06. The third-order valence-electron chi connectivity index (χ3n) is 2.90. The first-order valence-corrected chi connectivity index (χ1v) is 5.82. The summed E-state index contributed by atoms with van der Waals surface area (Å²) in [6, 6.07) is 4.34. The van der Waals surface area contributed by atoms with Crippen LogP contribution in [0, 0.1) is 5.82 Å². The summed E-state index contributed by atoms with van der Waals surface area (Å²) >= 11 is 5.94. The number of quaternary nitrogens is 1. The SMILES string of the molecule is CNC(=O)[C@H](C)[NH+](C)Cc1c(F)cccc1Cl. The maximum Gasteiger partial charge on any atom is 0.277 e. The molecule has 0 radical (unpaired) electrons. The van der Waals surface area contributed by atoms with Gasteiger partial charge >= 0.3 is 0 Å². The molecular weight excluding hydrogens is 243 g/mol. The van der Waals surface area contributed by atoms with E-state index >= 15 is 0 Å². The summed E-state index contributed by atoms with van der Waals surface area (Å²) in [7, 11) is 3.42. The van der Waals surface area contributed by atoms with Crippen molar-refractivity contribution >= 4 is 17.5 Å². The summed E-state index contributed by atoms with van der Waals surface area (Å²) in [5, 5.41) is 2.97. The number of carbonyl (C=O) groups excluding carboxylic acids is 1. The third kappa shape index (κ3) is 3.41. The molecule has 94 valence electrons. The van der Waals surface area contributed by atoms with Crippen LogP contribution in [0.25, 0.3) is 0 Å². The summed E-state index contributed by atoms with van der Waals surface area (Å²) in [6.45, 7) is 2.17. The van der Waals surface area contributed by atoms with Crippen molar-refractivity contribution in [3.8, 4) is 0 Å². The van der Waals surface area contributed by atoms with Crippen LogP contribution in [0.2, 0.25) is 5.02 Å². The predicted molar refractivity (Wildman–Crippen MR) is 65.5 cm³/mol. The minimum Gasteiger partial charge on any atom is -0.354 e. The van der Waals surface area contributed by atoms with Gasteiger partial charge in [0.2, 0.25) is 0 Å². The van der Waals surface area contributed by atoms with Crippen molar-refractivity contribution in [1.82, 2.24) is 5.32 Å². The molecule has 0 aromatic heterocycles. The zero-order valence-corrected chi connectivity index (χ0v) is 10.9. The van der Waals surface area contributed by atoms with Gasteiger partial charge < -0.3 is 10.2 Å². The van der Waals surface area contributed by atoms with Crippen molar-refractivity contribution in [2.75, 3.05) is 14.1 Å². The molecule has 1 rings (SSSR count). The molecule has 0 saturated heterocycles. The number of hydrogen-bond donors (Lipinski definition) is 2. The molecule has 1 amide bonds. The molecule has 3 nitrogen and oxygen atoms in total. The van der Waals surface area contributed by atoms with Crippen LogP contribution in [0.3, 0.4) is 0 Å². The van der Waals surface area contributed by atoms with Gasteiger partial charge in [-0.05, 0) is 19.1 Å². The zero-order chi connectivity index (χ0) is 13.0. The van der Waals surface area contributed by atoms with Gasteiger partial charge in [0.15, 0.2) is 6.04 Å². The summed E-state index contributed by atoms with van der Waals surface area (Å²) < 4.78 is 13.6. The second kappa shape index (κ2) is 5.98. The van der Waals surface area contributed by atoms with Gasteiger partial charge in [-0.15, -0.1) is 0 Å². The van der Waals surface area contributed by atoms with Crippen LogP contribution < -0.4 is 10.2 Å². The van der Waals surface area contributed by atoms with Crippen molar-refractivity contribution in [2.24, 2.45) is 0 Å². The molecule has 2 atom stereocenters. The monoisotopic (exact) mass is 259 g/mol. The maximum atomic E-state index is 13.6. The van der Waals surface area contributed by atoms with Crippen molar-refractivity contribution in [1.29, 1.82) is 0 Å². The Kier molecular flexibility index (Phi) is 4.90. The first-order valence-electron chi connectivity index (χ1n) is 5.44. The number of hydrogen-bond acceptors (Lipinski definition) is 1. The lowest BCUT2D eigenvalue weighted by molar-refractivity contribution is -0.908. The fourth-order valence-electron chi connectivity index (χ4n) is 1.57. The number of carbonyl (C=O) groups is 1. The molecule has 5 heteroatoms. The highest BCUT2D eigenvalue weighted by molar-refractivity contribution is 6.31. The molecule has 0 heterocycles. The maximum absolute atomic E-state index is 13.6. The lowest BCUT2D eigenvalue weighted by Crippen LogP contribution is -3.12. The molecule has 17 heavy (non-hydrogen) atoms. The Morgan fingerprint density at radius 3 is 2.76 bits per heavy atom. The highest BCUT2D eigenvalue weighted by Gasteiger charge is 2.22. The second-order valence-corrected chi connectivity index (χ2v) is 4.47. The van der Waals surface area contributed by atoms with Gasteiger partial charge in [-0.25, -0.2) is 4.39 Å². The van der Waals surface area contributed by atoms with E-state index in [0.717, 1.165) is 4.90 Å².